The van der Waals surface area contributed by atoms with Crippen molar-refractivity contribution in [3.63, 3.8) is 0 Å². The first-order valence-corrected chi connectivity index (χ1v) is 11.6. The zero-order chi connectivity index (χ0) is 20.0. The summed E-state index contributed by atoms with van der Waals surface area (Å²) in [5.74, 6) is 2.43. The van der Waals surface area contributed by atoms with E-state index in [1.165, 1.54) is 19.3 Å². The minimum atomic E-state index is -0.181. The van der Waals surface area contributed by atoms with Crippen LogP contribution in [-0.2, 0) is 16.6 Å². The highest BCUT2D eigenvalue weighted by molar-refractivity contribution is 5.93. The molecule has 4 bridgehead atoms. The zero-order valence-corrected chi connectivity index (χ0v) is 17.6. The number of carbonyl (C=O) groups excluding carboxylic acids is 2. The molecule has 0 spiro atoms. The van der Waals surface area contributed by atoms with Gasteiger partial charge < -0.3 is 14.2 Å². The first kappa shape index (κ1) is 19.2. The third kappa shape index (κ3) is 3.51. The minimum Gasteiger partial charge on any atom is -0.465 e. The van der Waals surface area contributed by atoms with Gasteiger partial charge in [-0.2, -0.15) is 0 Å². The summed E-state index contributed by atoms with van der Waals surface area (Å²) >= 11 is 0. The molecule has 5 aliphatic rings. The molecule has 0 radical (unpaired) electrons. The third-order valence-corrected chi connectivity index (χ3v) is 8.21. The lowest BCUT2D eigenvalue weighted by molar-refractivity contribution is -0.172. The fraction of sp³-hybridized carbons (Fsp3) is 0.750. The molecule has 1 aliphatic heterocycles. The molecule has 0 aromatic carbocycles. The topological polar surface area (TPSA) is 51.5 Å². The highest BCUT2D eigenvalue weighted by Gasteiger charge is 2.55. The second kappa shape index (κ2) is 7.48. The maximum Gasteiger partial charge on any atom is 0.312 e. The number of hydrogen-bond donors (Lipinski definition) is 0. The van der Waals surface area contributed by atoms with Gasteiger partial charge in [0, 0.05) is 32.3 Å². The highest BCUT2D eigenvalue weighted by atomic mass is 16.5. The van der Waals surface area contributed by atoms with Crippen LogP contribution in [0.4, 0.5) is 0 Å². The summed E-state index contributed by atoms with van der Waals surface area (Å²) in [5.41, 5.74) is 0.558. The van der Waals surface area contributed by atoms with Crippen molar-refractivity contribution < 1.29 is 14.3 Å². The summed E-state index contributed by atoms with van der Waals surface area (Å²) in [6.07, 6.45) is 13.1. The average molecular weight is 399 g/mol. The molecule has 158 valence electrons. The van der Waals surface area contributed by atoms with Gasteiger partial charge in [-0.25, -0.2) is 0 Å². The van der Waals surface area contributed by atoms with Crippen LogP contribution in [0.2, 0.25) is 0 Å². The lowest BCUT2D eigenvalue weighted by Crippen LogP contribution is -2.50. The fourth-order valence-corrected chi connectivity index (χ4v) is 7.20. The Labute approximate surface area is 173 Å². The Kier molecular flexibility index (Phi) is 4.95. The number of carbonyl (C=O) groups is 2. The van der Waals surface area contributed by atoms with Crippen LogP contribution in [0.15, 0.2) is 18.3 Å². The van der Waals surface area contributed by atoms with Crippen molar-refractivity contribution in [2.45, 2.75) is 70.3 Å². The predicted molar refractivity (Wildman–Crippen MR) is 110 cm³/mol. The molecule has 5 nitrogen and oxygen atoms in total. The summed E-state index contributed by atoms with van der Waals surface area (Å²) in [6, 6.07) is 3.98. The van der Waals surface area contributed by atoms with E-state index in [1.807, 2.05) is 34.8 Å². The largest absolute Gasteiger partial charge is 0.465 e. The fourth-order valence-electron chi connectivity index (χ4n) is 7.20. The number of likely N-dealkylation sites (tertiary alicyclic amines) is 1. The number of amides is 1. The van der Waals surface area contributed by atoms with Gasteiger partial charge in [0.1, 0.15) is 5.69 Å². The average Bonchev–Trinajstić information content (AvgIpc) is 3.12. The summed E-state index contributed by atoms with van der Waals surface area (Å²) in [4.78, 5) is 28.1. The normalized spacial score (nSPS) is 35.7. The molecule has 5 heteroatoms. The van der Waals surface area contributed by atoms with Gasteiger partial charge in [-0.15, -0.1) is 0 Å². The van der Waals surface area contributed by atoms with Crippen molar-refractivity contribution >= 4 is 11.9 Å². The Morgan fingerprint density at radius 3 is 2.41 bits per heavy atom. The van der Waals surface area contributed by atoms with E-state index < -0.39 is 0 Å². The summed E-state index contributed by atoms with van der Waals surface area (Å²) in [6.45, 7) is 1.25. The first-order chi connectivity index (χ1) is 14.0. The Morgan fingerprint density at radius 2 is 1.79 bits per heavy atom. The van der Waals surface area contributed by atoms with Gasteiger partial charge >= 0.3 is 5.97 Å². The molecule has 1 atom stereocenters. The molecule has 5 fully saturated rings. The number of rotatable bonds is 5. The van der Waals surface area contributed by atoms with Gasteiger partial charge in [-0.05, 0) is 87.7 Å². The van der Waals surface area contributed by atoms with Crippen LogP contribution in [0.1, 0.15) is 74.7 Å². The highest BCUT2D eigenvalue weighted by Crippen LogP contribution is 2.60. The van der Waals surface area contributed by atoms with Crippen LogP contribution in [0.3, 0.4) is 0 Å². The van der Waals surface area contributed by atoms with Crippen molar-refractivity contribution in [3.05, 3.63) is 24.0 Å². The van der Waals surface area contributed by atoms with Crippen molar-refractivity contribution in [1.82, 2.24) is 9.47 Å². The molecule has 4 aliphatic carbocycles. The molecule has 6 rings (SSSR count). The molecular formula is C24H34N2O3. The maximum atomic E-state index is 13.1. The molecule has 1 aromatic rings. The summed E-state index contributed by atoms with van der Waals surface area (Å²) in [5, 5.41) is 0. The SMILES string of the molecule is Cn1cccc1C(=O)N1CCCCC1CCOC(=O)C12CC3CC(CC(C3)C1)C2. The number of esters is 1. The van der Waals surface area contributed by atoms with Gasteiger partial charge in [-0.1, -0.05) is 0 Å². The number of aromatic nitrogens is 1. The maximum absolute atomic E-state index is 13.1. The lowest BCUT2D eigenvalue weighted by atomic mass is 9.49. The van der Waals surface area contributed by atoms with Crippen molar-refractivity contribution in [1.29, 1.82) is 0 Å². The van der Waals surface area contributed by atoms with Crippen LogP contribution in [-0.4, -0.2) is 40.5 Å². The lowest BCUT2D eigenvalue weighted by Gasteiger charge is -2.55. The monoisotopic (exact) mass is 398 g/mol. The molecule has 29 heavy (non-hydrogen) atoms. The predicted octanol–water partition coefficient (Wildman–Crippen LogP) is 4.17. The Morgan fingerprint density at radius 1 is 1.10 bits per heavy atom. The smallest absolute Gasteiger partial charge is 0.312 e. The van der Waals surface area contributed by atoms with Gasteiger partial charge in [0.25, 0.3) is 5.91 Å². The van der Waals surface area contributed by atoms with Crippen molar-refractivity contribution in [2.75, 3.05) is 13.2 Å². The van der Waals surface area contributed by atoms with E-state index >= 15 is 0 Å². The van der Waals surface area contributed by atoms with Crippen LogP contribution in [0.5, 0.6) is 0 Å². The van der Waals surface area contributed by atoms with Gasteiger partial charge in [0.2, 0.25) is 0 Å². The number of aryl methyl sites for hydroxylation is 1. The third-order valence-electron chi connectivity index (χ3n) is 8.21. The van der Waals surface area contributed by atoms with E-state index in [4.69, 9.17) is 4.74 Å². The van der Waals surface area contributed by atoms with Gasteiger partial charge in [0.15, 0.2) is 0 Å². The van der Waals surface area contributed by atoms with E-state index in [1.54, 1.807) is 0 Å². The molecule has 2 heterocycles. The molecule has 1 amide bonds. The van der Waals surface area contributed by atoms with E-state index in [-0.39, 0.29) is 23.3 Å². The molecule has 1 aromatic heterocycles. The number of nitrogens with zero attached hydrogens (tertiary/aromatic N) is 2. The molecule has 1 unspecified atom stereocenters. The van der Waals surface area contributed by atoms with Gasteiger partial charge in [-0.3, -0.25) is 9.59 Å². The summed E-state index contributed by atoms with van der Waals surface area (Å²) < 4.78 is 7.78. The minimum absolute atomic E-state index is 0.0627. The van der Waals surface area contributed by atoms with Gasteiger partial charge in [0.05, 0.1) is 12.0 Å². The first-order valence-electron chi connectivity index (χ1n) is 11.6. The van der Waals surface area contributed by atoms with E-state index in [2.05, 4.69) is 0 Å². The van der Waals surface area contributed by atoms with Crippen molar-refractivity contribution in [2.24, 2.45) is 30.2 Å². The molecule has 1 saturated heterocycles. The van der Waals surface area contributed by atoms with E-state index in [0.29, 0.717) is 6.61 Å². The van der Waals surface area contributed by atoms with Crippen LogP contribution >= 0.6 is 0 Å². The van der Waals surface area contributed by atoms with Crippen LogP contribution < -0.4 is 0 Å². The van der Waals surface area contributed by atoms with Crippen LogP contribution in [0.25, 0.3) is 0 Å². The van der Waals surface area contributed by atoms with E-state index in [0.717, 1.165) is 74.9 Å². The van der Waals surface area contributed by atoms with E-state index in [9.17, 15) is 9.59 Å². The van der Waals surface area contributed by atoms with Crippen molar-refractivity contribution in [3.8, 4) is 0 Å². The number of hydrogen-bond acceptors (Lipinski definition) is 3. The standard InChI is InChI=1S/C24H34N2O3/c1-25-8-4-6-21(25)22(27)26-9-3-2-5-20(26)7-10-29-23(28)24-14-17-11-18(15-24)13-19(12-17)16-24/h4,6,8,17-20H,2-3,5,7,9-16H2,1H3. The molecular weight excluding hydrogens is 364 g/mol. The number of piperidine rings is 1. The number of ether oxygens (including phenoxy) is 1. The quantitative estimate of drug-likeness (QED) is 0.700. The molecule has 4 saturated carbocycles. The second-order valence-corrected chi connectivity index (χ2v) is 10.3. The Balaban J connectivity index is 1.19. The summed E-state index contributed by atoms with van der Waals surface area (Å²) in [7, 11) is 1.92. The van der Waals surface area contributed by atoms with Crippen LogP contribution in [0, 0.1) is 23.2 Å². The Bertz CT molecular complexity index is 748. The second-order valence-electron chi connectivity index (χ2n) is 10.3. The zero-order valence-electron chi connectivity index (χ0n) is 17.6. The Hall–Kier alpha value is -1.78. The molecule has 0 N–H and O–H groups in total.